The van der Waals surface area contributed by atoms with Crippen LogP contribution in [-0.2, 0) is 0 Å². The molecule has 200 valence electrons. The summed E-state index contributed by atoms with van der Waals surface area (Å²) >= 11 is 0. The van der Waals surface area contributed by atoms with Crippen LogP contribution < -0.4 is 10.6 Å². The van der Waals surface area contributed by atoms with Crippen LogP contribution in [0, 0.1) is 0 Å². The van der Waals surface area contributed by atoms with Gasteiger partial charge in [0.2, 0.25) is 0 Å². The van der Waals surface area contributed by atoms with Crippen LogP contribution in [0.3, 0.4) is 0 Å². The normalized spacial score (nSPS) is 37.4. The van der Waals surface area contributed by atoms with Crippen LogP contribution in [0.15, 0.2) is 70.6 Å². The van der Waals surface area contributed by atoms with Crippen molar-refractivity contribution in [3.05, 3.63) is 71.8 Å². The van der Waals surface area contributed by atoms with E-state index in [4.69, 9.17) is 9.98 Å². The van der Waals surface area contributed by atoms with E-state index in [-0.39, 0.29) is 11.1 Å². The van der Waals surface area contributed by atoms with Gasteiger partial charge in [-0.05, 0) is 65.5 Å². The Kier molecular flexibility index (Phi) is 6.08. The minimum Gasteiger partial charge on any atom is -0.362 e. The number of hydrogen-bond donors (Lipinski definition) is 2. The summed E-state index contributed by atoms with van der Waals surface area (Å²) in [6.07, 6.45) is 10.5. The third kappa shape index (κ3) is 4.36. The van der Waals surface area contributed by atoms with E-state index in [0.717, 1.165) is 48.9 Å². The largest absolute Gasteiger partial charge is 0.362 e. The molecule has 6 heterocycles. The summed E-state index contributed by atoms with van der Waals surface area (Å²) in [6, 6.07) is 24.1. The second-order valence-corrected chi connectivity index (χ2v) is 12.8. The lowest BCUT2D eigenvalue weighted by atomic mass is 9.83. The molecule has 0 radical (unpaired) electrons. The smallest absolute Gasteiger partial charge is 0.128 e. The number of nitrogens with one attached hydrogen (secondary N) is 2. The number of fused-ring (bicyclic) bond motifs is 4. The molecule has 6 atom stereocenters. The first-order valence-corrected chi connectivity index (χ1v) is 14.7. The molecule has 6 nitrogen and oxygen atoms in total. The molecule has 2 spiro atoms. The SMILES string of the molecule is CN1[C@@H]2CC[C@H]1CC1(CN=C(c3ccccc3)N1)C2.CN1[C@@H]2CC[C@H]1CC1(CN=C(c3ccccc3)N1)C2. The van der Waals surface area contributed by atoms with E-state index in [9.17, 15) is 0 Å². The number of piperidine rings is 2. The Balaban J connectivity index is 0.000000127. The Morgan fingerprint density at radius 3 is 1.26 bits per heavy atom. The number of amidine groups is 2. The fourth-order valence-electron chi connectivity index (χ4n) is 8.24. The van der Waals surface area contributed by atoms with Gasteiger partial charge in [-0.25, -0.2) is 0 Å². The number of hydrogen-bond acceptors (Lipinski definition) is 6. The molecule has 2 unspecified atom stereocenters. The van der Waals surface area contributed by atoms with Crippen molar-refractivity contribution >= 4 is 11.7 Å². The van der Waals surface area contributed by atoms with Crippen molar-refractivity contribution in [3.8, 4) is 0 Å². The van der Waals surface area contributed by atoms with Crippen molar-refractivity contribution in [2.24, 2.45) is 9.98 Å². The van der Waals surface area contributed by atoms with Gasteiger partial charge < -0.3 is 20.4 Å². The van der Waals surface area contributed by atoms with Crippen LogP contribution in [0.25, 0.3) is 0 Å². The second kappa shape index (κ2) is 9.49. The first-order chi connectivity index (χ1) is 18.5. The highest BCUT2D eigenvalue weighted by molar-refractivity contribution is 6.01. The molecule has 8 rings (SSSR count). The van der Waals surface area contributed by atoms with E-state index in [0.29, 0.717) is 0 Å². The Bertz CT molecular complexity index is 1080. The minimum absolute atomic E-state index is 0.240. The van der Waals surface area contributed by atoms with Crippen molar-refractivity contribution in [2.45, 2.75) is 86.6 Å². The fraction of sp³-hybridized carbons (Fsp3) is 0.562. The van der Waals surface area contributed by atoms with Gasteiger partial charge in [0.25, 0.3) is 0 Å². The molecule has 6 heteroatoms. The molecule has 0 aliphatic carbocycles. The molecule has 2 aromatic carbocycles. The molecule has 0 amide bonds. The fourth-order valence-corrected chi connectivity index (χ4v) is 8.24. The van der Waals surface area contributed by atoms with Gasteiger partial charge in [0.1, 0.15) is 11.7 Å². The van der Waals surface area contributed by atoms with Crippen molar-refractivity contribution in [2.75, 3.05) is 27.2 Å². The summed E-state index contributed by atoms with van der Waals surface area (Å²) in [4.78, 5) is 14.8. The van der Waals surface area contributed by atoms with E-state index < -0.39 is 0 Å². The molecule has 0 saturated carbocycles. The summed E-state index contributed by atoms with van der Waals surface area (Å²) in [7, 11) is 4.59. The summed E-state index contributed by atoms with van der Waals surface area (Å²) in [6.45, 7) is 1.91. The average molecular weight is 511 g/mol. The maximum Gasteiger partial charge on any atom is 0.128 e. The number of aliphatic imine (C=N–C) groups is 2. The number of nitrogens with zero attached hydrogens (tertiary/aromatic N) is 4. The van der Waals surface area contributed by atoms with Gasteiger partial charge in [-0.1, -0.05) is 60.7 Å². The van der Waals surface area contributed by atoms with E-state index in [1.54, 1.807) is 0 Å². The lowest BCUT2D eigenvalue weighted by molar-refractivity contribution is 0.111. The second-order valence-electron chi connectivity index (χ2n) is 12.8. The van der Waals surface area contributed by atoms with Gasteiger partial charge in [-0.15, -0.1) is 0 Å². The van der Waals surface area contributed by atoms with E-state index in [1.165, 1.54) is 62.5 Å². The molecular weight excluding hydrogens is 468 g/mol. The molecule has 4 saturated heterocycles. The molecule has 0 aromatic heterocycles. The Morgan fingerprint density at radius 2 is 0.921 bits per heavy atom. The van der Waals surface area contributed by atoms with E-state index in [1.807, 2.05) is 0 Å². The molecule has 2 aromatic rings. The van der Waals surface area contributed by atoms with Crippen molar-refractivity contribution in [3.63, 3.8) is 0 Å². The zero-order valence-electron chi connectivity index (χ0n) is 22.9. The Labute approximate surface area is 227 Å². The topological polar surface area (TPSA) is 55.3 Å². The molecule has 6 aliphatic rings. The molecule has 4 bridgehead atoms. The predicted octanol–water partition coefficient (Wildman–Crippen LogP) is 4.06. The molecule has 6 aliphatic heterocycles. The zero-order chi connectivity index (χ0) is 25.7. The highest BCUT2D eigenvalue weighted by Crippen LogP contribution is 2.42. The highest BCUT2D eigenvalue weighted by atomic mass is 15.3. The number of benzene rings is 2. The van der Waals surface area contributed by atoms with Crippen LogP contribution in [0.5, 0.6) is 0 Å². The van der Waals surface area contributed by atoms with Crippen molar-refractivity contribution in [1.82, 2.24) is 20.4 Å². The zero-order valence-corrected chi connectivity index (χ0v) is 22.9. The average Bonchev–Trinajstić information content (AvgIpc) is 3.65. The maximum atomic E-state index is 4.79. The summed E-state index contributed by atoms with van der Waals surface area (Å²) < 4.78 is 0. The summed E-state index contributed by atoms with van der Waals surface area (Å²) in [5.41, 5.74) is 2.93. The third-order valence-electron chi connectivity index (χ3n) is 10.4. The van der Waals surface area contributed by atoms with Gasteiger partial charge in [0.05, 0.1) is 24.2 Å². The Morgan fingerprint density at radius 1 is 0.579 bits per heavy atom. The van der Waals surface area contributed by atoms with Crippen LogP contribution in [0.1, 0.15) is 62.5 Å². The van der Waals surface area contributed by atoms with E-state index >= 15 is 0 Å². The van der Waals surface area contributed by atoms with Gasteiger partial charge in [-0.3, -0.25) is 9.98 Å². The lowest BCUT2D eigenvalue weighted by Gasteiger charge is -2.43. The lowest BCUT2D eigenvalue weighted by Crippen LogP contribution is -2.57. The Hall–Kier alpha value is -2.70. The summed E-state index contributed by atoms with van der Waals surface area (Å²) in [5.74, 6) is 2.20. The van der Waals surface area contributed by atoms with Gasteiger partial charge in [-0.2, -0.15) is 0 Å². The van der Waals surface area contributed by atoms with Gasteiger partial charge in [0, 0.05) is 35.3 Å². The molecular formula is C32H42N6. The molecule has 2 N–H and O–H groups in total. The van der Waals surface area contributed by atoms with E-state index in [2.05, 4.69) is 95.2 Å². The monoisotopic (exact) mass is 510 g/mol. The minimum atomic E-state index is 0.240. The van der Waals surface area contributed by atoms with Crippen LogP contribution in [0.2, 0.25) is 0 Å². The summed E-state index contributed by atoms with van der Waals surface area (Å²) in [5, 5.41) is 7.53. The van der Waals surface area contributed by atoms with Crippen LogP contribution >= 0.6 is 0 Å². The van der Waals surface area contributed by atoms with Crippen molar-refractivity contribution < 1.29 is 0 Å². The molecule has 4 fully saturated rings. The van der Waals surface area contributed by atoms with Crippen molar-refractivity contribution in [1.29, 1.82) is 0 Å². The van der Waals surface area contributed by atoms with Gasteiger partial charge in [0.15, 0.2) is 0 Å². The number of rotatable bonds is 2. The van der Waals surface area contributed by atoms with Crippen LogP contribution in [-0.4, -0.2) is 83.9 Å². The maximum absolute atomic E-state index is 4.79. The first kappa shape index (κ1) is 24.3. The first-order valence-electron chi connectivity index (χ1n) is 14.7. The van der Waals surface area contributed by atoms with Gasteiger partial charge >= 0.3 is 0 Å². The van der Waals surface area contributed by atoms with Crippen LogP contribution in [0.4, 0.5) is 0 Å². The highest BCUT2D eigenvalue weighted by Gasteiger charge is 2.50. The third-order valence-corrected chi connectivity index (χ3v) is 10.4. The molecule has 38 heavy (non-hydrogen) atoms. The standard InChI is InChI=1S/2C16H21N3/c2*1-19-13-7-8-14(19)10-16(9-13)11-17-15(18-16)12-5-3-2-4-6-12/h2*2-6,13-14H,7-11H2,1H3,(H,17,18)/t2*13-,14+,16?. The quantitative estimate of drug-likeness (QED) is 0.640. The predicted molar refractivity (Wildman–Crippen MR) is 155 cm³/mol.